The zero-order chi connectivity index (χ0) is 16.2. The highest BCUT2D eigenvalue weighted by Crippen LogP contribution is 2.33. The van der Waals surface area contributed by atoms with Crippen LogP contribution in [0.5, 0.6) is 0 Å². The molecule has 0 atom stereocenters. The van der Waals surface area contributed by atoms with E-state index in [4.69, 9.17) is 5.73 Å². The molecule has 0 fully saturated rings. The average Bonchev–Trinajstić information content (AvgIpc) is 2.62. The zero-order valence-electron chi connectivity index (χ0n) is 14.0. The molecule has 23 heavy (non-hydrogen) atoms. The van der Waals surface area contributed by atoms with Gasteiger partial charge in [0.2, 0.25) is 0 Å². The van der Waals surface area contributed by atoms with Crippen molar-refractivity contribution in [3.8, 4) is 0 Å². The van der Waals surface area contributed by atoms with Gasteiger partial charge in [0.25, 0.3) is 0 Å². The third kappa shape index (κ3) is 3.42. The number of allylic oxidation sites excluding steroid dienone is 6. The number of rotatable bonds is 4. The summed E-state index contributed by atoms with van der Waals surface area (Å²) in [6.45, 7) is 4.29. The molecule has 2 aliphatic carbocycles. The Morgan fingerprint density at radius 2 is 2.00 bits per heavy atom. The quantitative estimate of drug-likeness (QED) is 0.749. The maximum atomic E-state index is 6.34. The van der Waals surface area contributed by atoms with Gasteiger partial charge in [0.1, 0.15) is 0 Å². The van der Waals surface area contributed by atoms with E-state index in [0.29, 0.717) is 0 Å². The van der Waals surface area contributed by atoms with Crippen molar-refractivity contribution in [1.82, 2.24) is 0 Å². The first-order valence-electron chi connectivity index (χ1n) is 8.55. The minimum atomic E-state index is 0.808. The summed E-state index contributed by atoms with van der Waals surface area (Å²) in [5.74, 6) is 0. The smallest absolute Gasteiger partial charge is 0.0642 e. The molecule has 0 bridgehead atoms. The Morgan fingerprint density at radius 3 is 2.65 bits per heavy atom. The topological polar surface area (TPSA) is 29.3 Å². The van der Waals surface area contributed by atoms with Crippen molar-refractivity contribution in [1.29, 1.82) is 0 Å². The van der Waals surface area contributed by atoms with Gasteiger partial charge >= 0.3 is 0 Å². The lowest BCUT2D eigenvalue weighted by atomic mass is 9.96. The first-order valence-corrected chi connectivity index (χ1v) is 8.55. The number of hydrogen-bond donors (Lipinski definition) is 1. The number of nitrogens with zero attached hydrogens (tertiary/aromatic N) is 1. The Morgan fingerprint density at radius 1 is 1.13 bits per heavy atom. The molecule has 1 aromatic carbocycles. The average molecular weight is 306 g/mol. The number of benzene rings is 1. The maximum absolute atomic E-state index is 6.34. The summed E-state index contributed by atoms with van der Waals surface area (Å²) in [5.41, 5.74) is 13.1. The second-order valence-corrected chi connectivity index (χ2v) is 6.39. The summed E-state index contributed by atoms with van der Waals surface area (Å²) in [7, 11) is 2.06. The molecule has 2 aliphatic rings. The molecule has 2 N–H and O–H groups in total. The normalized spacial score (nSPS) is 17.4. The van der Waals surface area contributed by atoms with Crippen molar-refractivity contribution < 1.29 is 0 Å². The molecule has 0 heterocycles. The first-order chi connectivity index (χ1) is 11.2. The Balaban J connectivity index is 1.82. The molecule has 3 rings (SSSR count). The van der Waals surface area contributed by atoms with Crippen LogP contribution in [0.4, 0.5) is 11.4 Å². The number of likely N-dealkylation sites (N-methyl/N-ethyl adjacent to an activating group) is 1. The van der Waals surface area contributed by atoms with Crippen LogP contribution in [0.1, 0.15) is 44.1 Å². The predicted molar refractivity (Wildman–Crippen MR) is 101 cm³/mol. The van der Waals surface area contributed by atoms with E-state index in [1.165, 1.54) is 29.6 Å². The fourth-order valence-electron chi connectivity index (χ4n) is 3.33. The molecule has 0 spiro atoms. The van der Waals surface area contributed by atoms with Gasteiger partial charge in [-0.1, -0.05) is 36.9 Å². The van der Waals surface area contributed by atoms with Crippen LogP contribution in [0.2, 0.25) is 0 Å². The van der Waals surface area contributed by atoms with Gasteiger partial charge in [-0.25, -0.2) is 0 Å². The zero-order valence-corrected chi connectivity index (χ0v) is 14.0. The number of nitrogens with two attached hydrogens (primary N) is 1. The molecule has 120 valence electrons. The van der Waals surface area contributed by atoms with E-state index < -0.39 is 0 Å². The summed E-state index contributed by atoms with van der Waals surface area (Å²) in [4.78, 5) is 2.13. The van der Waals surface area contributed by atoms with Crippen LogP contribution in [0, 0.1) is 0 Å². The molecule has 0 saturated heterocycles. The predicted octanol–water partition coefficient (Wildman–Crippen LogP) is 5.45. The second-order valence-electron chi connectivity index (χ2n) is 6.39. The van der Waals surface area contributed by atoms with Crippen molar-refractivity contribution in [2.75, 3.05) is 17.7 Å². The Bertz CT molecular complexity index is 692. The van der Waals surface area contributed by atoms with Gasteiger partial charge in [0.15, 0.2) is 0 Å². The molecule has 2 heteroatoms. The summed E-state index contributed by atoms with van der Waals surface area (Å²) in [6.07, 6.45) is 16.1. The van der Waals surface area contributed by atoms with E-state index in [9.17, 15) is 0 Å². The van der Waals surface area contributed by atoms with Crippen LogP contribution in [0.15, 0.2) is 60.4 Å². The Kier molecular flexibility index (Phi) is 4.71. The van der Waals surface area contributed by atoms with E-state index in [-0.39, 0.29) is 0 Å². The van der Waals surface area contributed by atoms with Gasteiger partial charge in [0, 0.05) is 12.7 Å². The van der Waals surface area contributed by atoms with Crippen molar-refractivity contribution >= 4 is 16.9 Å². The van der Waals surface area contributed by atoms with Gasteiger partial charge in [-0.3, -0.25) is 0 Å². The molecule has 0 aromatic heterocycles. The Labute approximate surface area is 139 Å². The van der Waals surface area contributed by atoms with Gasteiger partial charge in [-0.15, -0.1) is 0 Å². The third-order valence-electron chi connectivity index (χ3n) is 4.78. The molecule has 0 saturated carbocycles. The highest BCUT2D eigenvalue weighted by molar-refractivity contribution is 5.81. The van der Waals surface area contributed by atoms with Gasteiger partial charge < -0.3 is 10.6 Å². The van der Waals surface area contributed by atoms with Crippen LogP contribution >= 0.6 is 0 Å². The molecule has 0 unspecified atom stereocenters. The highest BCUT2D eigenvalue weighted by Gasteiger charge is 2.15. The lowest BCUT2D eigenvalue weighted by Gasteiger charge is -2.27. The van der Waals surface area contributed by atoms with Gasteiger partial charge in [0.05, 0.1) is 11.4 Å². The number of anilines is 2. The molecule has 0 amide bonds. The van der Waals surface area contributed by atoms with Crippen LogP contribution in [0.25, 0.3) is 5.57 Å². The summed E-state index contributed by atoms with van der Waals surface area (Å²) in [6, 6.07) is 6.35. The molecule has 1 aromatic rings. The summed E-state index contributed by atoms with van der Waals surface area (Å²) < 4.78 is 0. The van der Waals surface area contributed by atoms with Crippen LogP contribution in [-0.2, 0) is 0 Å². The second kappa shape index (κ2) is 6.91. The van der Waals surface area contributed by atoms with E-state index in [0.717, 1.165) is 42.8 Å². The van der Waals surface area contributed by atoms with Crippen molar-refractivity contribution in [2.45, 2.75) is 38.5 Å². The van der Waals surface area contributed by atoms with E-state index in [1.807, 2.05) is 0 Å². The molecule has 0 radical (unpaired) electrons. The SMILES string of the molecule is C=C(C1=CCCCC1)N(C)c1ccc(C2=CCCC=C2)cc1N. The van der Waals surface area contributed by atoms with Crippen molar-refractivity contribution in [3.63, 3.8) is 0 Å². The van der Waals surface area contributed by atoms with Gasteiger partial charge in [-0.05, 0) is 67.4 Å². The van der Waals surface area contributed by atoms with E-state index in [1.54, 1.807) is 0 Å². The Hall–Kier alpha value is -2.22. The molecular formula is C21H26N2. The molecular weight excluding hydrogens is 280 g/mol. The molecule has 0 aliphatic heterocycles. The number of nitrogen functional groups attached to an aromatic ring is 1. The fourth-order valence-corrected chi connectivity index (χ4v) is 3.33. The lowest BCUT2D eigenvalue weighted by Crippen LogP contribution is -2.19. The molecule has 2 nitrogen and oxygen atoms in total. The standard InChI is InChI=1S/C21H26N2/c1-16(17-9-5-3-6-10-17)23(2)21-14-13-19(15-20(21)22)18-11-7-4-8-12-18/h7,9,11-15H,1,3-6,8,10,22H2,2H3. The van der Waals surface area contributed by atoms with Crippen molar-refractivity contribution in [2.24, 2.45) is 0 Å². The van der Waals surface area contributed by atoms with Gasteiger partial charge in [-0.2, -0.15) is 0 Å². The van der Waals surface area contributed by atoms with E-state index >= 15 is 0 Å². The lowest BCUT2D eigenvalue weighted by molar-refractivity contribution is 0.702. The van der Waals surface area contributed by atoms with Crippen molar-refractivity contribution in [3.05, 3.63) is 65.9 Å². The fraction of sp³-hybridized carbons (Fsp3) is 0.333. The first kappa shape index (κ1) is 15.7. The van der Waals surface area contributed by atoms with E-state index in [2.05, 4.69) is 61.0 Å². The van der Waals surface area contributed by atoms with Crippen LogP contribution < -0.4 is 10.6 Å². The van der Waals surface area contributed by atoms with Crippen LogP contribution in [-0.4, -0.2) is 7.05 Å². The minimum Gasteiger partial charge on any atom is -0.397 e. The monoisotopic (exact) mass is 306 g/mol. The van der Waals surface area contributed by atoms with Crippen LogP contribution in [0.3, 0.4) is 0 Å². The summed E-state index contributed by atoms with van der Waals surface area (Å²) >= 11 is 0. The third-order valence-corrected chi connectivity index (χ3v) is 4.78. The highest BCUT2D eigenvalue weighted by atomic mass is 15.1. The number of hydrogen-bond acceptors (Lipinski definition) is 2. The maximum Gasteiger partial charge on any atom is 0.0642 e. The largest absolute Gasteiger partial charge is 0.397 e. The summed E-state index contributed by atoms with van der Waals surface area (Å²) in [5, 5.41) is 0. The minimum absolute atomic E-state index is 0.808.